The molecular formula is C18H14O3S. The fourth-order valence-corrected chi connectivity index (χ4v) is 3.25. The van der Waals surface area contributed by atoms with Gasteiger partial charge in [-0.25, -0.2) is 4.79 Å². The summed E-state index contributed by atoms with van der Waals surface area (Å²) >= 11 is 1.65. The molecule has 1 aliphatic heterocycles. The predicted molar refractivity (Wildman–Crippen MR) is 86.1 cm³/mol. The van der Waals surface area contributed by atoms with Gasteiger partial charge in [0.25, 0.3) is 0 Å². The first kappa shape index (κ1) is 14.6. The van der Waals surface area contributed by atoms with Gasteiger partial charge in [0.15, 0.2) is 5.78 Å². The first-order valence-corrected chi connectivity index (χ1v) is 7.96. The number of thioether (sulfide) groups is 1. The first-order chi connectivity index (χ1) is 10.8. The van der Waals surface area contributed by atoms with Gasteiger partial charge in [0.05, 0.1) is 5.56 Å². The van der Waals surface area contributed by atoms with E-state index in [1.54, 1.807) is 36.0 Å². The lowest BCUT2D eigenvalue weighted by atomic mass is 10.0. The molecule has 0 bridgehead atoms. The highest BCUT2D eigenvalue weighted by Crippen LogP contribution is 2.31. The van der Waals surface area contributed by atoms with Crippen LogP contribution in [0.5, 0.6) is 0 Å². The van der Waals surface area contributed by atoms with Crippen LogP contribution < -0.4 is 0 Å². The Morgan fingerprint density at radius 1 is 1.05 bits per heavy atom. The lowest BCUT2D eigenvalue weighted by Crippen LogP contribution is -2.06. The molecule has 0 saturated heterocycles. The van der Waals surface area contributed by atoms with Crippen LogP contribution in [0.15, 0.2) is 71.3 Å². The Bertz CT molecular complexity index is 735. The third-order valence-electron chi connectivity index (χ3n) is 3.37. The van der Waals surface area contributed by atoms with E-state index in [1.807, 2.05) is 30.3 Å². The molecule has 1 aliphatic rings. The molecule has 4 heteroatoms. The third kappa shape index (κ3) is 3.12. The maximum atomic E-state index is 12.5. The Labute approximate surface area is 133 Å². The molecule has 0 fully saturated rings. The fraction of sp³-hybridized carbons (Fsp3) is 0.111. The van der Waals surface area contributed by atoms with Crippen LogP contribution >= 0.6 is 11.8 Å². The zero-order valence-corrected chi connectivity index (χ0v) is 12.6. The molecule has 110 valence electrons. The zero-order valence-electron chi connectivity index (χ0n) is 11.8. The van der Waals surface area contributed by atoms with Gasteiger partial charge in [-0.3, -0.25) is 4.79 Å². The standard InChI is InChI=1S/C18H14O3S/c19-17-14(10-11-22-16-9-5-4-8-15(16)17)12-21-18(20)13-6-2-1-3-7-13/h1-9,12H,10-11H2. The summed E-state index contributed by atoms with van der Waals surface area (Å²) in [5.41, 5.74) is 1.67. The van der Waals surface area contributed by atoms with E-state index >= 15 is 0 Å². The van der Waals surface area contributed by atoms with Crippen molar-refractivity contribution in [1.29, 1.82) is 0 Å². The summed E-state index contributed by atoms with van der Waals surface area (Å²) in [6, 6.07) is 16.3. The Balaban J connectivity index is 1.80. The van der Waals surface area contributed by atoms with Gasteiger partial charge in [-0.2, -0.15) is 0 Å². The summed E-state index contributed by atoms with van der Waals surface area (Å²) in [7, 11) is 0. The zero-order chi connectivity index (χ0) is 15.4. The van der Waals surface area contributed by atoms with E-state index in [0.29, 0.717) is 23.1 Å². The van der Waals surface area contributed by atoms with Gasteiger partial charge < -0.3 is 4.74 Å². The number of hydrogen-bond acceptors (Lipinski definition) is 4. The van der Waals surface area contributed by atoms with Gasteiger partial charge in [0, 0.05) is 21.8 Å². The molecule has 0 saturated carbocycles. The number of rotatable bonds is 2. The molecule has 2 aromatic rings. The van der Waals surface area contributed by atoms with E-state index in [0.717, 1.165) is 10.6 Å². The summed E-state index contributed by atoms with van der Waals surface area (Å²) in [5.74, 6) is 0.268. The molecule has 2 aromatic carbocycles. The second-order valence-electron chi connectivity index (χ2n) is 4.84. The second-order valence-corrected chi connectivity index (χ2v) is 5.97. The maximum absolute atomic E-state index is 12.5. The molecule has 0 unspecified atom stereocenters. The SMILES string of the molecule is O=C(OC=C1CCSc2ccccc2C1=O)c1ccccc1. The van der Waals surface area contributed by atoms with Crippen LogP contribution in [0, 0.1) is 0 Å². The van der Waals surface area contributed by atoms with Crippen LogP contribution in [0.3, 0.4) is 0 Å². The monoisotopic (exact) mass is 310 g/mol. The van der Waals surface area contributed by atoms with Crippen molar-refractivity contribution in [3.63, 3.8) is 0 Å². The normalized spacial score (nSPS) is 16.0. The Morgan fingerprint density at radius 2 is 1.77 bits per heavy atom. The van der Waals surface area contributed by atoms with E-state index in [-0.39, 0.29) is 5.78 Å². The number of benzene rings is 2. The quantitative estimate of drug-likeness (QED) is 0.476. The van der Waals surface area contributed by atoms with Crippen molar-refractivity contribution in [2.45, 2.75) is 11.3 Å². The molecule has 0 aromatic heterocycles. The molecule has 1 heterocycles. The summed E-state index contributed by atoms with van der Waals surface area (Å²) in [6.07, 6.45) is 1.89. The molecular weight excluding hydrogens is 296 g/mol. The molecule has 0 atom stereocenters. The number of allylic oxidation sites excluding steroid dienone is 1. The highest BCUT2D eigenvalue weighted by atomic mass is 32.2. The van der Waals surface area contributed by atoms with Crippen LogP contribution in [0.4, 0.5) is 0 Å². The van der Waals surface area contributed by atoms with Crippen LogP contribution in [0.25, 0.3) is 0 Å². The number of Topliss-reactive ketones (excluding diaryl/α,β-unsaturated/α-hetero) is 1. The maximum Gasteiger partial charge on any atom is 0.342 e. The number of carbonyl (C=O) groups excluding carboxylic acids is 2. The van der Waals surface area contributed by atoms with E-state index in [2.05, 4.69) is 0 Å². The predicted octanol–water partition coefficient (Wildman–Crippen LogP) is 4.11. The molecule has 0 spiro atoms. The van der Waals surface area contributed by atoms with Crippen molar-refractivity contribution in [2.75, 3.05) is 5.75 Å². The van der Waals surface area contributed by atoms with Crippen LogP contribution in [-0.4, -0.2) is 17.5 Å². The van der Waals surface area contributed by atoms with Crippen molar-refractivity contribution in [1.82, 2.24) is 0 Å². The number of ether oxygens (including phenoxy) is 1. The minimum atomic E-state index is -0.453. The summed E-state index contributed by atoms with van der Waals surface area (Å²) in [5, 5.41) is 0. The van der Waals surface area contributed by atoms with Crippen molar-refractivity contribution in [3.05, 3.63) is 77.6 Å². The van der Waals surface area contributed by atoms with Gasteiger partial charge in [0.2, 0.25) is 0 Å². The Kier molecular flexibility index (Phi) is 4.39. The Morgan fingerprint density at radius 3 is 2.59 bits per heavy atom. The number of hydrogen-bond donors (Lipinski definition) is 0. The molecule has 22 heavy (non-hydrogen) atoms. The lowest BCUT2D eigenvalue weighted by molar-refractivity contribution is 0.0659. The molecule has 3 rings (SSSR count). The first-order valence-electron chi connectivity index (χ1n) is 6.97. The van der Waals surface area contributed by atoms with Gasteiger partial charge in [-0.15, -0.1) is 11.8 Å². The van der Waals surface area contributed by atoms with Gasteiger partial charge >= 0.3 is 5.97 Å². The minimum absolute atomic E-state index is 0.0681. The van der Waals surface area contributed by atoms with Gasteiger partial charge in [-0.1, -0.05) is 30.3 Å². The Hall–Kier alpha value is -2.33. The third-order valence-corrected chi connectivity index (χ3v) is 4.45. The summed E-state index contributed by atoms with van der Waals surface area (Å²) in [4.78, 5) is 25.4. The molecule has 0 amide bonds. The van der Waals surface area contributed by atoms with Crippen molar-refractivity contribution in [3.8, 4) is 0 Å². The van der Waals surface area contributed by atoms with Gasteiger partial charge in [0.1, 0.15) is 6.26 Å². The number of esters is 1. The van der Waals surface area contributed by atoms with Crippen molar-refractivity contribution < 1.29 is 14.3 Å². The molecule has 3 nitrogen and oxygen atoms in total. The fourth-order valence-electron chi connectivity index (χ4n) is 2.22. The number of ketones is 1. The van der Waals surface area contributed by atoms with Crippen LogP contribution in [0.2, 0.25) is 0 Å². The summed E-state index contributed by atoms with van der Waals surface area (Å²) < 4.78 is 5.18. The van der Waals surface area contributed by atoms with E-state index < -0.39 is 5.97 Å². The topological polar surface area (TPSA) is 43.4 Å². The molecule has 0 radical (unpaired) electrons. The van der Waals surface area contributed by atoms with E-state index in [1.165, 1.54) is 6.26 Å². The molecule has 0 aliphatic carbocycles. The molecule has 0 N–H and O–H groups in total. The lowest BCUT2D eigenvalue weighted by Gasteiger charge is -2.04. The number of fused-ring (bicyclic) bond motifs is 1. The highest BCUT2D eigenvalue weighted by molar-refractivity contribution is 7.99. The van der Waals surface area contributed by atoms with Gasteiger partial charge in [-0.05, 0) is 30.7 Å². The highest BCUT2D eigenvalue weighted by Gasteiger charge is 2.20. The minimum Gasteiger partial charge on any atom is -0.430 e. The summed E-state index contributed by atoms with van der Waals surface area (Å²) in [6.45, 7) is 0. The van der Waals surface area contributed by atoms with Crippen molar-refractivity contribution in [2.24, 2.45) is 0 Å². The second kappa shape index (κ2) is 6.62. The smallest absolute Gasteiger partial charge is 0.342 e. The van der Waals surface area contributed by atoms with Crippen molar-refractivity contribution >= 4 is 23.5 Å². The van der Waals surface area contributed by atoms with E-state index in [4.69, 9.17) is 4.74 Å². The van der Waals surface area contributed by atoms with E-state index in [9.17, 15) is 9.59 Å². The number of carbonyl (C=O) groups is 2. The van der Waals surface area contributed by atoms with Crippen LogP contribution in [0.1, 0.15) is 27.1 Å². The largest absolute Gasteiger partial charge is 0.430 e. The average Bonchev–Trinajstić information content (AvgIpc) is 2.73. The average molecular weight is 310 g/mol. The van der Waals surface area contributed by atoms with Crippen LogP contribution in [-0.2, 0) is 4.74 Å².